The number of nitrogens with zero attached hydrogens (tertiary/aromatic N) is 4. The lowest BCUT2D eigenvalue weighted by atomic mass is 9.83. The predicted molar refractivity (Wildman–Crippen MR) is 91.5 cm³/mol. The number of aromatic nitrogens is 3. The predicted octanol–water partition coefficient (Wildman–Crippen LogP) is 1.09. The fraction of sp³-hybridized carbons (Fsp3) is 0.444. The minimum absolute atomic E-state index is 0.138. The molecule has 0 saturated carbocycles. The molecule has 0 bridgehead atoms. The second-order valence-electron chi connectivity index (χ2n) is 6.61. The summed E-state index contributed by atoms with van der Waals surface area (Å²) in [6.07, 6.45) is 7.92. The van der Waals surface area contributed by atoms with Gasteiger partial charge in [0, 0.05) is 31.7 Å². The van der Waals surface area contributed by atoms with Crippen LogP contribution < -0.4 is 5.73 Å². The number of anilines is 1. The van der Waals surface area contributed by atoms with E-state index in [1.165, 1.54) is 0 Å². The van der Waals surface area contributed by atoms with Crippen molar-refractivity contribution in [3.8, 4) is 0 Å². The normalized spacial score (nSPS) is 18.8. The van der Waals surface area contributed by atoms with Crippen molar-refractivity contribution in [2.24, 2.45) is 0 Å². The first-order valence-corrected chi connectivity index (χ1v) is 8.59. The molecule has 0 atom stereocenters. The summed E-state index contributed by atoms with van der Waals surface area (Å²) in [7, 11) is 0. The highest BCUT2D eigenvalue weighted by atomic mass is 16.5. The molecule has 2 aliphatic rings. The Kier molecular flexibility index (Phi) is 4.09. The first-order chi connectivity index (χ1) is 12.2. The molecule has 0 aromatic carbocycles. The molecule has 1 spiro atoms. The van der Waals surface area contributed by atoms with Crippen molar-refractivity contribution in [3.05, 3.63) is 47.5 Å². The molecule has 130 valence electrons. The molecule has 2 aliphatic heterocycles. The van der Waals surface area contributed by atoms with Gasteiger partial charge >= 0.3 is 0 Å². The van der Waals surface area contributed by atoms with Gasteiger partial charge in [-0.05, 0) is 42.5 Å². The van der Waals surface area contributed by atoms with Crippen LogP contribution in [0, 0.1) is 0 Å². The lowest BCUT2D eigenvalue weighted by Gasteiger charge is -2.44. The molecule has 25 heavy (non-hydrogen) atoms. The Morgan fingerprint density at radius 1 is 1.28 bits per heavy atom. The van der Waals surface area contributed by atoms with E-state index in [0.29, 0.717) is 26.1 Å². The van der Waals surface area contributed by atoms with Crippen LogP contribution in [0.1, 0.15) is 29.7 Å². The number of fused-ring (bicyclic) bond motifs is 2. The maximum Gasteiger partial charge on any atom is 0.226 e. The maximum absolute atomic E-state index is 12.6. The van der Waals surface area contributed by atoms with E-state index >= 15 is 0 Å². The molecule has 1 saturated heterocycles. The van der Waals surface area contributed by atoms with Gasteiger partial charge in [-0.25, -0.2) is 9.97 Å². The molecule has 7 heteroatoms. The SMILES string of the molecule is Nc1ncc2c(n1)C1(CCN(C(=O)Cc3ccncc3)CC1)OCC2. The highest BCUT2D eigenvalue weighted by molar-refractivity contribution is 5.78. The number of likely N-dealkylation sites (tertiary alicyclic amines) is 1. The third-order valence-corrected chi connectivity index (χ3v) is 5.09. The number of hydrogen-bond donors (Lipinski definition) is 1. The fourth-order valence-corrected chi connectivity index (χ4v) is 3.71. The van der Waals surface area contributed by atoms with Crippen LogP contribution in [0.4, 0.5) is 5.95 Å². The zero-order valence-electron chi connectivity index (χ0n) is 14.0. The number of nitrogen functional groups attached to an aromatic ring is 1. The summed E-state index contributed by atoms with van der Waals surface area (Å²) in [4.78, 5) is 27.0. The Labute approximate surface area is 146 Å². The van der Waals surface area contributed by atoms with Gasteiger partial charge in [-0.2, -0.15) is 0 Å². The lowest BCUT2D eigenvalue weighted by molar-refractivity contribution is -0.140. The molecule has 7 nitrogen and oxygen atoms in total. The van der Waals surface area contributed by atoms with Crippen molar-refractivity contribution >= 4 is 11.9 Å². The largest absolute Gasteiger partial charge is 0.368 e. The summed E-state index contributed by atoms with van der Waals surface area (Å²) in [5, 5.41) is 0. The quantitative estimate of drug-likeness (QED) is 0.880. The van der Waals surface area contributed by atoms with E-state index in [2.05, 4.69) is 15.0 Å². The third kappa shape index (κ3) is 3.07. The van der Waals surface area contributed by atoms with Crippen LogP contribution in [0.3, 0.4) is 0 Å². The van der Waals surface area contributed by atoms with E-state index in [0.717, 1.165) is 36.1 Å². The molecule has 2 N–H and O–H groups in total. The van der Waals surface area contributed by atoms with E-state index in [4.69, 9.17) is 10.5 Å². The summed E-state index contributed by atoms with van der Waals surface area (Å²) < 4.78 is 6.14. The van der Waals surface area contributed by atoms with E-state index < -0.39 is 5.60 Å². The average molecular weight is 339 g/mol. The molecule has 1 fully saturated rings. The van der Waals surface area contributed by atoms with Crippen LogP contribution in [0.15, 0.2) is 30.7 Å². The second kappa shape index (κ2) is 6.40. The number of carbonyl (C=O) groups excluding carboxylic acids is 1. The smallest absolute Gasteiger partial charge is 0.226 e. The van der Waals surface area contributed by atoms with Crippen LogP contribution >= 0.6 is 0 Å². The number of nitrogens with two attached hydrogens (primary N) is 1. The number of pyridine rings is 1. The Morgan fingerprint density at radius 3 is 2.80 bits per heavy atom. The average Bonchev–Trinajstić information content (AvgIpc) is 2.64. The van der Waals surface area contributed by atoms with E-state index in [-0.39, 0.29) is 11.9 Å². The number of rotatable bonds is 2. The van der Waals surface area contributed by atoms with Crippen LogP contribution in [0.2, 0.25) is 0 Å². The summed E-state index contributed by atoms with van der Waals surface area (Å²) in [6.45, 7) is 1.98. The lowest BCUT2D eigenvalue weighted by Crippen LogP contribution is -2.49. The fourth-order valence-electron chi connectivity index (χ4n) is 3.71. The van der Waals surface area contributed by atoms with Crippen molar-refractivity contribution in [2.75, 3.05) is 25.4 Å². The molecule has 0 radical (unpaired) electrons. The van der Waals surface area contributed by atoms with Crippen LogP contribution in [-0.4, -0.2) is 45.5 Å². The topological polar surface area (TPSA) is 94.2 Å². The molecule has 1 amide bonds. The summed E-state index contributed by atoms with van der Waals surface area (Å²) in [6, 6.07) is 3.76. The maximum atomic E-state index is 12.6. The van der Waals surface area contributed by atoms with Crippen molar-refractivity contribution in [3.63, 3.8) is 0 Å². The number of piperidine rings is 1. The van der Waals surface area contributed by atoms with E-state index in [1.54, 1.807) is 12.4 Å². The van der Waals surface area contributed by atoms with Gasteiger partial charge in [-0.3, -0.25) is 9.78 Å². The Bertz CT molecular complexity index is 772. The van der Waals surface area contributed by atoms with Crippen molar-refractivity contribution in [1.82, 2.24) is 19.9 Å². The molecule has 0 unspecified atom stereocenters. The van der Waals surface area contributed by atoms with Crippen LogP contribution in [-0.2, 0) is 28.0 Å². The first-order valence-electron chi connectivity index (χ1n) is 8.59. The zero-order chi connectivity index (χ0) is 17.3. The monoisotopic (exact) mass is 339 g/mol. The van der Waals surface area contributed by atoms with Crippen molar-refractivity contribution < 1.29 is 9.53 Å². The third-order valence-electron chi connectivity index (χ3n) is 5.09. The minimum atomic E-state index is -0.432. The highest BCUT2D eigenvalue weighted by Gasteiger charge is 2.43. The standard InChI is InChI=1S/C18H21N5O2/c19-17-21-12-14-3-10-25-18(16(14)22-17)4-8-23(9-5-18)15(24)11-13-1-6-20-7-2-13/h1-2,6-7,12H,3-5,8-11H2,(H2,19,21,22). The molecule has 4 rings (SSSR count). The van der Waals surface area contributed by atoms with Gasteiger partial charge < -0.3 is 15.4 Å². The van der Waals surface area contributed by atoms with Gasteiger partial charge in [0.15, 0.2) is 0 Å². The summed E-state index contributed by atoms with van der Waals surface area (Å²) in [5.41, 5.74) is 8.36. The highest BCUT2D eigenvalue weighted by Crippen LogP contribution is 2.40. The van der Waals surface area contributed by atoms with Crippen LogP contribution in [0.5, 0.6) is 0 Å². The number of carbonyl (C=O) groups is 1. The van der Waals surface area contributed by atoms with Gasteiger partial charge in [0.25, 0.3) is 0 Å². The number of hydrogen-bond acceptors (Lipinski definition) is 6. The second-order valence-corrected chi connectivity index (χ2v) is 6.61. The zero-order valence-corrected chi connectivity index (χ0v) is 14.0. The molecule has 2 aromatic rings. The summed E-state index contributed by atoms with van der Waals surface area (Å²) >= 11 is 0. The van der Waals surface area contributed by atoms with Gasteiger partial charge in [0.2, 0.25) is 11.9 Å². The molecular weight excluding hydrogens is 318 g/mol. The van der Waals surface area contributed by atoms with Gasteiger partial charge in [-0.15, -0.1) is 0 Å². The van der Waals surface area contributed by atoms with Gasteiger partial charge in [-0.1, -0.05) is 0 Å². The molecular formula is C18H21N5O2. The minimum Gasteiger partial charge on any atom is -0.368 e. The Morgan fingerprint density at radius 2 is 2.04 bits per heavy atom. The summed E-state index contributed by atoms with van der Waals surface area (Å²) in [5.74, 6) is 0.416. The van der Waals surface area contributed by atoms with Crippen molar-refractivity contribution in [1.29, 1.82) is 0 Å². The number of amides is 1. The van der Waals surface area contributed by atoms with Gasteiger partial charge in [0.1, 0.15) is 5.60 Å². The van der Waals surface area contributed by atoms with Gasteiger partial charge in [0.05, 0.1) is 18.7 Å². The molecule has 4 heterocycles. The molecule has 0 aliphatic carbocycles. The van der Waals surface area contributed by atoms with E-state index in [9.17, 15) is 4.79 Å². The van der Waals surface area contributed by atoms with Crippen LogP contribution in [0.25, 0.3) is 0 Å². The Hall–Kier alpha value is -2.54. The Balaban J connectivity index is 1.47. The van der Waals surface area contributed by atoms with E-state index in [1.807, 2.05) is 23.2 Å². The number of ether oxygens (including phenoxy) is 1. The molecule has 2 aromatic heterocycles. The first kappa shape index (κ1) is 16.0. The van der Waals surface area contributed by atoms with Crippen molar-refractivity contribution in [2.45, 2.75) is 31.3 Å².